The number of benzene rings is 1. The fraction of sp³-hybridized carbons (Fsp3) is 0.600. The zero-order valence-electron chi connectivity index (χ0n) is 12.5. The lowest BCUT2D eigenvalue weighted by molar-refractivity contribution is 0.474. The normalized spacial score (nSPS) is 23.5. The fourth-order valence-electron chi connectivity index (χ4n) is 2.86. The lowest BCUT2D eigenvalue weighted by Gasteiger charge is -2.33. The molecule has 21 heavy (non-hydrogen) atoms. The third kappa shape index (κ3) is 4.37. The van der Waals surface area contributed by atoms with Gasteiger partial charge in [-0.1, -0.05) is 31.2 Å². The molecule has 0 radical (unpaired) electrons. The zero-order chi connectivity index (χ0) is 15.5. The van der Waals surface area contributed by atoms with Gasteiger partial charge in [-0.25, -0.2) is 8.42 Å². The first-order valence-corrected chi connectivity index (χ1v) is 10.7. The first kappa shape index (κ1) is 16.6. The molecule has 1 aromatic rings. The Morgan fingerprint density at radius 1 is 1.33 bits per heavy atom. The van der Waals surface area contributed by atoms with Crippen LogP contribution < -0.4 is 5.32 Å². The lowest BCUT2D eigenvalue weighted by atomic mass is 9.87. The second-order valence-electron chi connectivity index (χ2n) is 5.53. The Morgan fingerprint density at radius 3 is 2.71 bits per heavy atom. The number of hydrogen-bond donors (Lipinski definition) is 1. The molecule has 0 bridgehead atoms. The van der Waals surface area contributed by atoms with Gasteiger partial charge in [0.05, 0.1) is 11.0 Å². The van der Waals surface area contributed by atoms with Gasteiger partial charge in [-0.2, -0.15) is 0 Å². The van der Waals surface area contributed by atoms with E-state index in [2.05, 4.69) is 17.4 Å². The molecule has 0 aliphatic heterocycles. The van der Waals surface area contributed by atoms with Crippen LogP contribution in [0.3, 0.4) is 0 Å². The van der Waals surface area contributed by atoms with Crippen LogP contribution in [0.1, 0.15) is 30.5 Å². The fourth-order valence-corrected chi connectivity index (χ4v) is 5.96. The molecule has 1 aliphatic rings. The van der Waals surface area contributed by atoms with Crippen LogP contribution in [0.5, 0.6) is 0 Å². The van der Waals surface area contributed by atoms with Crippen molar-refractivity contribution in [2.45, 2.75) is 31.1 Å². The summed E-state index contributed by atoms with van der Waals surface area (Å²) in [6.07, 6.45) is 2.94. The predicted octanol–water partition coefficient (Wildman–Crippen LogP) is 1.45. The molecule has 6 heteroatoms. The van der Waals surface area contributed by atoms with Crippen LogP contribution in [0.15, 0.2) is 24.3 Å². The second-order valence-corrected chi connectivity index (χ2v) is 9.56. The van der Waals surface area contributed by atoms with E-state index in [-0.39, 0.29) is 22.8 Å². The molecule has 3 unspecified atom stereocenters. The van der Waals surface area contributed by atoms with Gasteiger partial charge in [0.15, 0.2) is 0 Å². The smallest absolute Gasteiger partial charge is 0.148 e. The van der Waals surface area contributed by atoms with Crippen molar-refractivity contribution in [3.8, 4) is 0 Å². The lowest BCUT2D eigenvalue weighted by Crippen LogP contribution is -2.39. The molecular formula is C15H23NO3S2. The van der Waals surface area contributed by atoms with Crippen molar-refractivity contribution in [2.24, 2.45) is 0 Å². The minimum atomic E-state index is -3.06. The molecule has 118 valence electrons. The maximum Gasteiger partial charge on any atom is 0.148 e. The average Bonchev–Trinajstić information content (AvgIpc) is 2.44. The predicted molar refractivity (Wildman–Crippen MR) is 87.7 cm³/mol. The molecule has 2 rings (SSSR count). The van der Waals surface area contributed by atoms with Gasteiger partial charge in [0.2, 0.25) is 0 Å². The Morgan fingerprint density at radius 2 is 2.05 bits per heavy atom. The molecule has 0 saturated heterocycles. The van der Waals surface area contributed by atoms with E-state index in [4.69, 9.17) is 0 Å². The van der Waals surface area contributed by atoms with Crippen LogP contribution in [0.25, 0.3) is 0 Å². The minimum Gasteiger partial charge on any atom is -0.309 e. The summed E-state index contributed by atoms with van der Waals surface area (Å²) in [6, 6.07) is 8.30. The average molecular weight is 329 g/mol. The van der Waals surface area contributed by atoms with Crippen molar-refractivity contribution in [1.82, 2.24) is 5.32 Å². The summed E-state index contributed by atoms with van der Waals surface area (Å²) in [7, 11) is -4.20. The van der Waals surface area contributed by atoms with Crippen molar-refractivity contribution < 1.29 is 12.6 Å². The van der Waals surface area contributed by atoms with Gasteiger partial charge in [0, 0.05) is 28.9 Å². The molecule has 0 amide bonds. The number of aryl methyl sites for hydroxylation is 1. The summed E-state index contributed by atoms with van der Waals surface area (Å²) in [4.78, 5) is 0. The zero-order valence-corrected chi connectivity index (χ0v) is 14.2. The highest BCUT2D eigenvalue weighted by Crippen LogP contribution is 2.33. The summed E-state index contributed by atoms with van der Waals surface area (Å²) in [6.45, 7) is 2.84. The van der Waals surface area contributed by atoms with Gasteiger partial charge in [0.25, 0.3) is 0 Å². The Labute approximate surface area is 129 Å². The second kappa shape index (κ2) is 7.03. The highest BCUT2D eigenvalue weighted by molar-refractivity contribution is 7.92. The van der Waals surface area contributed by atoms with Gasteiger partial charge in [-0.3, -0.25) is 4.21 Å². The molecule has 0 aromatic heterocycles. The van der Waals surface area contributed by atoms with E-state index in [0.717, 1.165) is 19.4 Å². The summed E-state index contributed by atoms with van der Waals surface area (Å²) in [5.74, 6) is 0.226. The van der Waals surface area contributed by atoms with Gasteiger partial charge >= 0.3 is 0 Å². The van der Waals surface area contributed by atoms with Gasteiger partial charge in [0.1, 0.15) is 9.84 Å². The molecule has 0 fully saturated rings. The first-order valence-electron chi connectivity index (χ1n) is 7.28. The number of sulfone groups is 1. The number of rotatable bonds is 6. The maximum absolute atomic E-state index is 12.5. The Bertz CT molecular complexity index is 613. The third-order valence-corrected chi connectivity index (χ3v) is 6.87. The molecule has 0 spiro atoms. The highest BCUT2D eigenvalue weighted by Gasteiger charge is 2.32. The van der Waals surface area contributed by atoms with Crippen molar-refractivity contribution in [1.29, 1.82) is 0 Å². The molecular weight excluding hydrogens is 306 g/mol. The Hall–Kier alpha value is -0.720. The van der Waals surface area contributed by atoms with Crippen LogP contribution in [-0.2, 0) is 27.1 Å². The molecule has 0 saturated carbocycles. The van der Waals surface area contributed by atoms with Crippen LogP contribution >= 0.6 is 0 Å². The van der Waals surface area contributed by atoms with E-state index < -0.39 is 20.6 Å². The molecule has 0 heterocycles. The maximum atomic E-state index is 12.5. The first-order chi connectivity index (χ1) is 9.92. The largest absolute Gasteiger partial charge is 0.309 e. The number of hydrogen-bond acceptors (Lipinski definition) is 4. The van der Waals surface area contributed by atoms with Crippen molar-refractivity contribution in [3.63, 3.8) is 0 Å². The number of nitrogens with one attached hydrogen (secondary N) is 1. The number of fused-ring (bicyclic) bond motifs is 1. The summed E-state index contributed by atoms with van der Waals surface area (Å²) >= 11 is 0. The van der Waals surface area contributed by atoms with Crippen LogP contribution in [0.4, 0.5) is 0 Å². The third-order valence-electron chi connectivity index (χ3n) is 3.88. The van der Waals surface area contributed by atoms with Crippen molar-refractivity contribution in [3.05, 3.63) is 35.4 Å². The topological polar surface area (TPSA) is 63.2 Å². The molecule has 1 N–H and O–H groups in total. The Balaban J connectivity index is 2.18. The summed E-state index contributed by atoms with van der Waals surface area (Å²) in [5.41, 5.74) is 2.52. The minimum absolute atomic E-state index is 0.00337. The van der Waals surface area contributed by atoms with E-state index in [0.29, 0.717) is 0 Å². The molecule has 3 atom stereocenters. The van der Waals surface area contributed by atoms with E-state index in [9.17, 15) is 12.6 Å². The highest BCUT2D eigenvalue weighted by atomic mass is 32.2. The van der Waals surface area contributed by atoms with E-state index in [1.165, 1.54) is 17.4 Å². The summed E-state index contributed by atoms with van der Waals surface area (Å²) < 4.78 is 35.1. The summed E-state index contributed by atoms with van der Waals surface area (Å²) in [5, 5.41) is 3.41. The standard InChI is InChI=1S/C15H23NO3S2/c1-3-16-15-13-7-5-4-6-12(13)8-9-14(15)20(17)10-11-21(2,18)19/h4-7,14-16H,3,8-11H2,1-2H3. The molecule has 1 aliphatic carbocycles. The van der Waals surface area contributed by atoms with Crippen molar-refractivity contribution >= 4 is 20.6 Å². The Kier molecular flexibility index (Phi) is 5.57. The molecule has 4 nitrogen and oxygen atoms in total. The van der Waals surface area contributed by atoms with E-state index >= 15 is 0 Å². The monoisotopic (exact) mass is 329 g/mol. The van der Waals surface area contributed by atoms with Crippen LogP contribution in [0.2, 0.25) is 0 Å². The quantitative estimate of drug-likeness (QED) is 0.858. The molecule has 1 aromatic carbocycles. The van der Waals surface area contributed by atoms with Crippen molar-refractivity contribution in [2.75, 3.05) is 24.3 Å². The van der Waals surface area contributed by atoms with Gasteiger partial charge < -0.3 is 5.32 Å². The van der Waals surface area contributed by atoms with Crippen LogP contribution in [-0.4, -0.2) is 42.2 Å². The SMILES string of the molecule is CCNC1c2ccccc2CCC1S(=O)CCS(C)(=O)=O. The van der Waals surface area contributed by atoms with Crippen LogP contribution in [0, 0.1) is 0 Å². The van der Waals surface area contributed by atoms with Gasteiger partial charge in [-0.05, 0) is 30.5 Å². The van der Waals surface area contributed by atoms with E-state index in [1.54, 1.807) is 0 Å². The van der Waals surface area contributed by atoms with Gasteiger partial charge in [-0.15, -0.1) is 0 Å². The van der Waals surface area contributed by atoms with E-state index in [1.807, 2.05) is 19.1 Å².